The number of carboxylic acid groups (broad SMARTS) is 1. The molecule has 0 aliphatic carbocycles. The molecular formula is C30H32FN7O6. The molecule has 0 saturated carbocycles. The average Bonchev–Trinajstić information content (AvgIpc) is 3.01. The molecule has 0 bridgehead atoms. The monoisotopic (exact) mass is 605 g/mol. The van der Waals surface area contributed by atoms with E-state index < -0.39 is 28.9 Å². The molecule has 1 amide bonds. The molecule has 1 aromatic carbocycles. The van der Waals surface area contributed by atoms with Crippen LogP contribution >= 0.6 is 0 Å². The summed E-state index contributed by atoms with van der Waals surface area (Å²) in [5.74, 6) is -0.658. The highest BCUT2D eigenvalue weighted by Crippen LogP contribution is 2.27. The number of hydrogen-bond donors (Lipinski definition) is 2. The first-order valence-corrected chi connectivity index (χ1v) is 14.0. The molecule has 1 aliphatic heterocycles. The Morgan fingerprint density at radius 1 is 1.09 bits per heavy atom. The number of aliphatic hydroxyl groups excluding tert-OH is 1. The number of benzene rings is 1. The van der Waals surface area contributed by atoms with Crippen LogP contribution in [0.2, 0.25) is 0 Å². The summed E-state index contributed by atoms with van der Waals surface area (Å²) in [6.07, 6.45) is 1.80. The molecule has 230 valence electrons. The van der Waals surface area contributed by atoms with Gasteiger partial charge in [0.05, 0.1) is 18.0 Å². The summed E-state index contributed by atoms with van der Waals surface area (Å²) in [7, 11) is 1.62. The first-order valence-electron chi connectivity index (χ1n) is 14.0. The third-order valence-electron chi connectivity index (χ3n) is 7.56. The lowest BCUT2D eigenvalue weighted by atomic mass is 10.1. The van der Waals surface area contributed by atoms with Crippen molar-refractivity contribution in [3.63, 3.8) is 0 Å². The number of aromatic nitrogens is 4. The fourth-order valence-corrected chi connectivity index (χ4v) is 4.97. The van der Waals surface area contributed by atoms with Crippen molar-refractivity contribution in [2.24, 2.45) is 0 Å². The smallest absolute Gasteiger partial charge is 0.341 e. The second-order valence-corrected chi connectivity index (χ2v) is 10.4. The minimum atomic E-state index is -1.37. The fraction of sp³-hybridized carbons (Fsp3) is 0.333. The highest BCUT2D eigenvalue weighted by molar-refractivity contribution is 5.92. The maximum atomic E-state index is 15.2. The number of piperazine rings is 1. The van der Waals surface area contributed by atoms with Crippen LogP contribution in [-0.4, -0.2) is 86.3 Å². The molecule has 4 heterocycles. The molecule has 14 heteroatoms. The summed E-state index contributed by atoms with van der Waals surface area (Å²) in [6.45, 7) is 5.58. The number of hydrogen-bond acceptors (Lipinski definition) is 10. The Morgan fingerprint density at radius 3 is 2.41 bits per heavy atom. The summed E-state index contributed by atoms with van der Waals surface area (Å²) in [6, 6.07) is 9.63. The summed E-state index contributed by atoms with van der Waals surface area (Å²) in [4.78, 5) is 53.8. The number of aryl methyl sites for hydroxylation is 1. The maximum absolute atomic E-state index is 15.2. The zero-order chi connectivity index (χ0) is 31.5. The van der Waals surface area contributed by atoms with E-state index in [1.165, 1.54) is 28.9 Å². The van der Waals surface area contributed by atoms with Crippen molar-refractivity contribution in [3.05, 3.63) is 76.1 Å². The SMILES string of the molecule is CCn1cc(C(=O)O)c(=O)c2cc(F)c(N3CCN(c4cc(Oc5ccc([C@@H](O)CN(C)C(C)=O)cc5)ncn4)CC3)nc21. The van der Waals surface area contributed by atoms with Gasteiger partial charge in [0.2, 0.25) is 17.2 Å². The minimum absolute atomic E-state index is 0.0773. The number of nitrogens with zero attached hydrogens (tertiary/aromatic N) is 7. The molecule has 1 aliphatic rings. The maximum Gasteiger partial charge on any atom is 0.341 e. The molecule has 5 rings (SSSR count). The number of ether oxygens (including phenoxy) is 1. The molecule has 44 heavy (non-hydrogen) atoms. The van der Waals surface area contributed by atoms with E-state index in [1.807, 2.05) is 4.90 Å². The molecule has 13 nitrogen and oxygen atoms in total. The Hall–Kier alpha value is -5.11. The minimum Gasteiger partial charge on any atom is -0.477 e. The van der Waals surface area contributed by atoms with Crippen molar-refractivity contribution < 1.29 is 28.9 Å². The van der Waals surface area contributed by atoms with Crippen molar-refractivity contribution in [2.45, 2.75) is 26.5 Å². The zero-order valence-electron chi connectivity index (χ0n) is 24.5. The van der Waals surface area contributed by atoms with Crippen LogP contribution in [0.15, 0.2) is 53.7 Å². The number of pyridine rings is 2. The van der Waals surface area contributed by atoms with E-state index in [-0.39, 0.29) is 29.3 Å². The summed E-state index contributed by atoms with van der Waals surface area (Å²) in [5, 5.41) is 19.7. The lowest BCUT2D eigenvalue weighted by molar-refractivity contribution is -0.128. The number of amides is 1. The van der Waals surface area contributed by atoms with Crippen molar-refractivity contribution >= 4 is 34.5 Å². The van der Waals surface area contributed by atoms with Crippen LogP contribution in [0.3, 0.4) is 0 Å². The second-order valence-electron chi connectivity index (χ2n) is 10.4. The van der Waals surface area contributed by atoms with Crippen molar-refractivity contribution in [3.8, 4) is 11.6 Å². The van der Waals surface area contributed by atoms with Gasteiger partial charge in [-0.25, -0.2) is 24.1 Å². The van der Waals surface area contributed by atoms with Gasteiger partial charge in [-0.15, -0.1) is 0 Å². The van der Waals surface area contributed by atoms with E-state index in [9.17, 15) is 24.6 Å². The average molecular weight is 606 g/mol. The van der Waals surface area contributed by atoms with Crippen molar-refractivity contribution in [1.82, 2.24) is 24.4 Å². The van der Waals surface area contributed by atoms with E-state index >= 15 is 4.39 Å². The van der Waals surface area contributed by atoms with Crippen LogP contribution in [0.25, 0.3) is 11.0 Å². The number of likely N-dealkylation sites (N-methyl/N-ethyl adjacent to an activating group) is 1. The largest absolute Gasteiger partial charge is 0.477 e. The molecular weight excluding hydrogens is 573 g/mol. The van der Waals surface area contributed by atoms with Gasteiger partial charge < -0.3 is 34.2 Å². The first-order chi connectivity index (χ1) is 21.0. The van der Waals surface area contributed by atoms with Crippen LogP contribution < -0.4 is 20.0 Å². The molecule has 1 fully saturated rings. The van der Waals surface area contributed by atoms with E-state index in [0.29, 0.717) is 55.7 Å². The van der Waals surface area contributed by atoms with Gasteiger partial charge >= 0.3 is 5.97 Å². The Morgan fingerprint density at radius 2 is 1.77 bits per heavy atom. The number of carbonyl (C=O) groups is 2. The number of anilines is 2. The number of halogens is 1. The van der Waals surface area contributed by atoms with Gasteiger partial charge in [-0.2, -0.15) is 0 Å². The van der Waals surface area contributed by atoms with Crippen molar-refractivity contribution in [2.75, 3.05) is 49.6 Å². The molecule has 1 atom stereocenters. The normalized spacial score (nSPS) is 14.0. The van der Waals surface area contributed by atoms with Crippen LogP contribution in [0.1, 0.15) is 35.9 Å². The number of carboxylic acids is 1. The van der Waals surface area contributed by atoms with E-state index in [0.717, 1.165) is 6.07 Å². The second kappa shape index (κ2) is 12.6. The predicted molar refractivity (Wildman–Crippen MR) is 160 cm³/mol. The molecule has 0 spiro atoms. The lowest BCUT2D eigenvalue weighted by Gasteiger charge is -2.36. The fourth-order valence-electron chi connectivity index (χ4n) is 4.97. The standard InChI is InChI=1S/C30H32FN7O6/c1-4-36-15-22(30(42)43)27(41)21-13-23(31)29(34-28(21)36)38-11-9-37(10-12-38)25-14-26(33-17-32-25)44-20-7-5-19(6-8-20)24(40)16-35(3)18(2)39/h5-8,13-15,17,24,40H,4,9-12,16H2,1-3H3,(H,42,43)/t24-/m0/s1. The van der Waals surface area contributed by atoms with Crippen molar-refractivity contribution in [1.29, 1.82) is 0 Å². The number of rotatable bonds is 9. The Labute approximate surface area is 251 Å². The predicted octanol–water partition coefficient (Wildman–Crippen LogP) is 2.67. The molecule has 0 radical (unpaired) electrons. The Bertz CT molecular complexity index is 1760. The van der Waals surface area contributed by atoms with Gasteiger partial charge in [0.15, 0.2) is 11.6 Å². The quantitative estimate of drug-likeness (QED) is 0.289. The van der Waals surface area contributed by atoms with Crippen LogP contribution in [0.4, 0.5) is 16.0 Å². The number of fused-ring (bicyclic) bond motifs is 1. The van der Waals surface area contributed by atoms with Gasteiger partial charge in [-0.1, -0.05) is 12.1 Å². The van der Waals surface area contributed by atoms with Crippen LogP contribution in [0.5, 0.6) is 11.6 Å². The van der Waals surface area contributed by atoms with Gasteiger partial charge in [-0.3, -0.25) is 9.59 Å². The molecule has 2 N–H and O–H groups in total. The molecule has 1 saturated heterocycles. The summed E-state index contributed by atoms with van der Waals surface area (Å²) >= 11 is 0. The van der Waals surface area contributed by atoms with Gasteiger partial charge in [0, 0.05) is 59.0 Å². The topological polar surface area (TPSA) is 154 Å². The lowest BCUT2D eigenvalue weighted by Crippen LogP contribution is -2.47. The molecule has 0 unspecified atom stereocenters. The molecule has 3 aromatic heterocycles. The third kappa shape index (κ3) is 6.29. The summed E-state index contributed by atoms with van der Waals surface area (Å²) < 4.78 is 22.6. The summed E-state index contributed by atoms with van der Waals surface area (Å²) in [5.41, 5.74) is -0.329. The number of aromatic carboxylic acids is 1. The van der Waals surface area contributed by atoms with Gasteiger partial charge in [-0.05, 0) is 30.7 Å². The highest BCUT2D eigenvalue weighted by atomic mass is 19.1. The zero-order valence-corrected chi connectivity index (χ0v) is 24.5. The molecule has 4 aromatic rings. The van der Waals surface area contributed by atoms with E-state index in [2.05, 4.69) is 15.0 Å². The van der Waals surface area contributed by atoms with Crippen LogP contribution in [0, 0.1) is 5.82 Å². The first kappa shape index (κ1) is 30.4. The third-order valence-corrected chi connectivity index (χ3v) is 7.56. The Kier molecular flexibility index (Phi) is 8.71. The highest BCUT2D eigenvalue weighted by Gasteiger charge is 2.25. The Balaban J connectivity index is 1.26. The number of aliphatic hydroxyl groups is 1. The van der Waals surface area contributed by atoms with E-state index in [4.69, 9.17) is 4.74 Å². The van der Waals surface area contributed by atoms with Crippen LogP contribution in [-0.2, 0) is 11.3 Å². The van der Waals surface area contributed by atoms with Gasteiger partial charge in [0.1, 0.15) is 29.1 Å². The van der Waals surface area contributed by atoms with E-state index in [1.54, 1.807) is 49.2 Å². The van der Waals surface area contributed by atoms with Gasteiger partial charge in [0.25, 0.3) is 0 Å². The number of carbonyl (C=O) groups excluding carboxylic acids is 1.